The van der Waals surface area contributed by atoms with Crippen LogP contribution in [-0.2, 0) is 13.2 Å². The van der Waals surface area contributed by atoms with Crippen molar-refractivity contribution in [2.75, 3.05) is 0 Å². The Morgan fingerprint density at radius 2 is 1.83 bits per heavy atom. The molecule has 18 heavy (non-hydrogen) atoms. The summed E-state index contributed by atoms with van der Waals surface area (Å²) in [6.45, 7) is 0.774. The normalized spacial score (nSPS) is 9.78. The van der Waals surface area contributed by atoms with Crippen LogP contribution >= 0.6 is 0 Å². The van der Waals surface area contributed by atoms with Crippen LogP contribution in [0.25, 0.3) is 0 Å². The van der Waals surface area contributed by atoms with E-state index in [2.05, 4.69) is 6.07 Å². The lowest BCUT2D eigenvalue weighted by Gasteiger charge is -2.11. The zero-order chi connectivity index (χ0) is 12.8. The quantitative estimate of drug-likeness (QED) is 0.890. The SMILES string of the molecule is N#Cc1cccc(OCc2ccccc2)c1CN. The summed E-state index contributed by atoms with van der Waals surface area (Å²) in [5.41, 5.74) is 8.08. The van der Waals surface area contributed by atoms with E-state index in [0.29, 0.717) is 24.5 Å². The molecular formula is C15H14N2O. The van der Waals surface area contributed by atoms with Crippen molar-refractivity contribution < 1.29 is 4.74 Å². The highest BCUT2D eigenvalue weighted by Crippen LogP contribution is 2.22. The van der Waals surface area contributed by atoms with Gasteiger partial charge in [0, 0.05) is 12.1 Å². The summed E-state index contributed by atoms with van der Waals surface area (Å²) in [6, 6.07) is 17.4. The van der Waals surface area contributed by atoms with Gasteiger partial charge in [0.2, 0.25) is 0 Å². The van der Waals surface area contributed by atoms with Gasteiger partial charge < -0.3 is 10.5 Å². The van der Waals surface area contributed by atoms with Crippen LogP contribution in [0.3, 0.4) is 0 Å². The molecule has 0 aliphatic heterocycles. The molecule has 0 heterocycles. The second-order valence-electron chi connectivity index (χ2n) is 3.87. The molecule has 2 aromatic carbocycles. The number of ether oxygens (including phenoxy) is 1. The maximum atomic E-state index is 9.00. The highest BCUT2D eigenvalue weighted by atomic mass is 16.5. The minimum atomic E-state index is 0.299. The van der Waals surface area contributed by atoms with Gasteiger partial charge in [-0.25, -0.2) is 0 Å². The number of nitrogens with zero attached hydrogens (tertiary/aromatic N) is 1. The van der Waals surface area contributed by atoms with Crippen molar-refractivity contribution in [3.05, 3.63) is 65.2 Å². The topological polar surface area (TPSA) is 59.0 Å². The molecule has 2 N–H and O–H groups in total. The molecule has 3 nitrogen and oxygen atoms in total. The number of benzene rings is 2. The third-order valence-corrected chi connectivity index (χ3v) is 2.69. The highest BCUT2D eigenvalue weighted by molar-refractivity contribution is 5.46. The number of nitriles is 1. The lowest BCUT2D eigenvalue weighted by molar-refractivity contribution is 0.303. The second kappa shape index (κ2) is 5.85. The molecule has 2 aromatic rings. The van der Waals surface area contributed by atoms with Gasteiger partial charge in [0.05, 0.1) is 11.6 Å². The van der Waals surface area contributed by atoms with E-state index in [1.165, 1.54) is 0 Å². The molecule has 0 bridgehead atoms. The van der Waals surface area contributed by atoms with E-state index in [-0.39, 0.29) is 0 Å². The van der Waals surface area contributed by atoms with Crippen molar-refractivity contribution in [1.29, 1.82) is 5.26 Å². The van der Waals surface area contributed by atoms with Gasteiger partial charge in [0.25, 0.3) is 0 Å². The molecule has 90 valence electrons. The highest BCUT2D eigenvalue weighted by Gasteiger charge is 2.07. The Labute approximate surface area is 106 Å². The van der Waals surface area contributed by atoms with Gasteiger partial charge in [-0.3, -0.25) is 0 Å². The Hall–Kier alpha value is -2.31. The summed E-state index contributed by atoms with van der Waals surface area (Å²) in [5.74, 6) is 0.681. The van der Waals surface area contributed by atoms with E-state index in [9.17, 15) is 0 Å². The predicted octanol–water partition coefficient (Wildman–Crippen LogP) is 2.60. The van der Waals surface area contributed by atoms with Crippen LogP contribution in [0.5, 0.6) is 5.75 Å². The molecule has 0 saturated carbocycles. The average Bonchev–Trinajstić information content (AvgIpc) is 2.45. The van der Waals surface area contributed by atoms with Gasteiger partial charge >= 0.3 is 0 Å². The van der Waals surface area contributed by atoms with Crippen LogP contribution in [0.1, 0.15) is 16.7 Å². The van der Waals surface area contributed by atoms with Crippen LogP contribution in [0.4, 0.5) is 0 Å². The monoisotopic (exact) mass is 238 g/mol. The van der Waals surface area contributed by atoms with Crippen LogP contribution in [0.2, 0.25) is 0 Å². The zero-order valence-corrected chi connectivity index (χ0v) is 9.97. The maximum Gasteiger partial charge on any atom is 0.125 e. The summed E-state index contributed by atoms with van der Waals surface area (Å²) >= 11 is 0. The Bertz CT molecular complexity index is 558. The number of hydrogen-bond acceptors (Lipinski definition) is 3. The van der Waals surface area contributed by atoms with E-state index in [4.69, 9.17) is 15.7 Å². The summed E-state index contributed by atoms with van der Waals surface area (Å²) in [5, 5.41) is 9.00. The second-order valence-corrected chi connectivity index (χ2v) is 3.87. The standard InChI is InChI=1S/C15H14N2O/c16-9-13-7-4-8-15(14(13)10-17)18-11-12-5-2-1-3-6-12/h1-8H,10-11,17H2. The van der Waals surface area contributed by atoms with Crippen molar-refractivity contribution in [2.24, 2.45) is 5.73 Å². The van der Waals surface area contributed by atoms with Gasteiger partial charge in [0.15, 0.2) is 0 Å². The average molecular weight is 238 g/mol. The van der Waals surface area contributed by atoms with Crippen LogP contribution in [0, 0.1) is 11.3 Å². The van der Waals surface area contributed by atoms with Crippen LogP contribution in [0.15, 0.2) is 48.5 Å². The first-order valence-corrected chi connectivity index (χ1v) is 5.74. The Morgan fingerprint density at radius 1 is 1.06 bits per heavy atom. The molecule has 0 atom stereocenters. The van der Waals surface area contributed by atoms with Gasteiger partial charge in [-0.2, -0.15) is 5.26 Å². The third-order valence-electron chi connectivity index (χ3n) is 2.69. The number of nitrogens with two attached hydrogens (primary N) is 1. The summed E-state index contributed by atoms with van der Waals surface area (Å²) in [7, 11) is 0. The molecule has 0 fully saturated rings. The fourth-order valence-electron chi connectivity index (χ4n) is 1.75. The van der Waals surface area contributed by atoms with Crippen LogP contribution < -0.4 is 10.5 Å². The molecule has 0 saturated heterocycles. The largest absolute Gasteiger partial charge is 0.489 e. The molecule has 0 radical (unpaired) electrons. The van der Waals surface area contributed by atoms with Crippen molar-refractivity contribution in [1.82, 2.24) is 0 Å². The zero-order valence-electron chi connectivity index (χ0n) is 9.97. The molecule has 0 spiro atoms. The Kier molecular flexibility index (Phi) is 3.95. The maximum absolute atomic E-state index is 9.00. The molecular weight excluding hydrogens is 224 g/mol. The first-order chi connectivity index (χ1) is 8.85. The van der Waals surface area contributed by atoms with Gasteiger partial charge in [-0.15, -0.1) is 0 Å². The van der Waals surface area contributed by atoms with Crippen molar-refractivity contribution in [3.8, 4) is 11.8 Å². The third kappa shape index (κ3) is 2.68. The van der Waals surface area contributed by atoms with Crippen LogP contribution in [-0.4, -0.2) is 0 Å². The Balaban J connectivity index is 2.17. The lowest BCUT2D eigenvalue weighted by Crippen LogP contribution is -2.04. The fourth-order valence-corrected chi connectivity index (χ4v) is 1.75. The van der Waals surface area contributed by atoms with Crippen molar-refractivity contribution in [3.63, 3.8) is 0 Å². The summed E-state index contributed by atoms with van der Waals surface area (Å²) < 4.78 is 5.73. The molecule has 0 aliphatic carbocycles. The van der Waals surface area contributed by atoms with E-state index < -0.39 is 0 Å². The smallest absolute Gasteiger partial charge is 0.125 e. The molecule has 0 amide bonds. The van der Waals surface area contributed by atoms with Gasteiger partial charge in [-0.05, 0) is 17.7 Å². The molecule has 0 aliphatic rings. The number of rotatable bonds is 4. The molecule has 3 heteroatoms. The predicted molar refractivity (Wildman–Crippen MR) is 69.8 cm³/mol. The lowest BCUT2D eigenvalue weighted by atomic mass is 10.1. The van der Waals surface area contributed by atoms with Crippen molar-refractivity contribution in [2.45, 2.75) is 13.2 Å². The minimum Gasteiger partial charge on any atom is -0.489 e. The van der Waals surface area contributed by atoms with E-state index in [0.717, 1.165) is 11.1 Å². The summed E-state index contributed by atoms with van der Waals surface area (Å²) in [4.78, 5) is 0. The fraction of sp³-hybridized carbons (Fsp3) is 0.133. The van der Waals surface area contributed by atoms with Gasteiger partial charge in [0.1, 0.15) is 12.4 Å². The van der Waals surface area contributed by atoms with E-state index in [1.54, 1.807) is 12.1 Å². The first kappa shape index (κ1) is 12.2. The Morgan fingerprint density at radius 3 is 2.50 bits per heavy atom. The van der Waals surface area contributed by atoms with Crippen molar-refractivity contribution >= 4 is 0 Å². The molecule has 0 unspecified atom stereocenters. The molecule has 0 aromatic heterocycles. The number of hydrogen-bond donors (Lipinski definition) is 1. The van der Waals surface area contributed by atoms with E-state index >= 15 is 0 Å². The first-order valence-electron chi connectivity index (χ1n) is 5.74. The summed E-state index contributed by atoms with van der Waals surface area (Å²) in [6.07, 6.45) is 0. The van der Waals surface area contributed by atoms with Gasteiger partial charge in [-0.1, -0.05) is 36.4 Å². The molecule has 2 rings (SSSR count). The minimum absolute atomic E-state index is 0.299. The van der Waals surface area contributed by atoms with E-state index in [1.807, 2.05) is 36.4 Å².